The Morgan fingerprint density at radius 2 is 2.10 bits per heavy atom. The molecule has 21 heavy (non-hydrogen) atoms. The van der Waals surface area contributed by atoms with E-state index in [9.17, 15) is 14.0 Å². The first kappa shape index (κ1) is 16.9. The summed E-state index contributed by atoms with van der Waals surface area (Å²) in [6, 6.07) is 5.08. The second-order valence-electron chi connectivity index (χ2n) is 4.97. The molecule has 0 aliphatic rings. The molecular weight excluding hydrogens is 273 g/mol. The molecule has 0 unspecified atom stereocenters. The number of halogens is 1. The highest BCUT2D eigenvalue weighted by Gasteiger charge is 2.20. The van der Waals surface area contributed by atoms with E-state index >= 15 is 0 Å². The topological polar surface area (TPSA) is 55.4 Å². The van der Waals surface area contributed by atoms with E-state index in [-0.39, 0.29) is 12.3 Å². The summed E-state index contributed by atoms with van der Waals surface area (Å²) in [7, 11) is 1.27. The molecule has 0 bridgehead atoms. The number of nitrogens with one attached hydrogen (secondary N) is 1. The zero-order chi connectivity index (χ0) is 15.8. The summed E-state index contributed by atoms with van der Waals surface area (Å²) in [6.07, 6.45) is 2.23. The average Bonchev–Trinajstić information content (AvgIpc) is 2.42. The number of allylic oxidation sites excluding steroid dienone is 1. The SMILES string of the molecule is COC(=O)[C@H](CC=C(C)C)NC(=O)Cc1cccc(F)c1. The monoisotopic (exact) mass is 293 g/mol. The Kier molecular flexibility index (Phi) is 6.59. The number of rotatable bonds is 6. The van der Waals surface area contributed by atoms with Crippen molar-refractivity contribution in [2.75, 3.05) is 7.11 Å². The minimum Gasteiger partial charge on any atom is -0.467 e. The van der Waals surface area contributed by atoms with Crippen molar-refractivity contribution in [3.63, 3.8) is 0 Å². The van der Waals surface area contributed by atoms with Gasteiger partial charge in [-0.1, -0.05) is 23.8 Å². The van der Waals surface area contributed by atoms with Crippen LogP contribution in [0.3, 0.4) is 0 Å². The van der Waals surface area contributed by atoms with Crippen LogP contribution in [-0.2, 0) is 20.7 Å². The van der Waals surface area contributed by atoms with E-state index in [0.29, 0.717) is 12.0 Å². The number of carbonyl (C=O) groups is 2. The molecule has 1 amide bonds. The fourth-order valence-corrected chi connectivity index (χ4v) is 1.79. The standard InChI is InChI=1S/C16H20FNO3/c1-11(2)7-8-14(16(20)21-3)18-15(19)10-12-5-4-6-13(17)9-12/h4-7,9,14H,8,10H2,1-3H3,(H,18,19)/t14-/m0/s1. The van der Waals surface area contributed by atoms with E-state index in [1.165, 1.54) is 19.2 Å². The zero-order valence-electron chi connectivity index (χ0n) is 12.5. The largest absolute Gasteiger partial charge is 0.467 e. The summed E-state index contributed by atoms with van der Waals surface area (Å²) >= 11 is 0. The third kappa shape index (κ3) is 6.21. The molecule has 0 saturated heterocycles. The summed E-state index contributed by atoms with van der Waals surface area (Å²) in [6.45, 7) is 3.81. The van der Waals surface area contributed by atoms with Crippen LogP contribution in [0.25, 0.3) is 0 Å². The minimum absolute atomic E-state index is 0.0140. The molecule has 1 aromatic carbocycles. The smallest absolute Gasteiger partial charge is 0.328 e. The van der Waals surface area contributed by atoms with Gasteiger partial charge in [0, 0.05) is 0 Å². The first-order chi connectivity index (χ1) is 9.92. The van der Waals surface area contributed by atoms with Crippen molar-refractivity contribution in [1.29, 1.82) is 0 Å². The van der Waals surface area contributed by atoms with Gasteiger partial charge in [0.25, 0.3) is 0 Å². The number of hydrogen-bond donors (Lipinski definition) is 1. The maximum Gasteiger partial charge on any atom is 0.328 e. The van der Waals surface area contributed by atoms with Crippen LogP contribution in [0.1, 0.15) is 25.8 Å². The maximum atomic E-state index is 13.1. The Morgan fingerprint density at radius 3 is 2.67 bits per heavy atom. The number of amides is 1. The number of hydrogen-bond acceptors (Lipinski definition) is 3. The minimum atomic E-state index is -0.731. The summed E-state index contributed by atoms with van der Waals surface area (Å²) < 4.78 is 17.7. The highest BCUT2D eigenvalue weighted by Crippen LogP contribution is 2.06. The van der Waals surface area contributed by atoms with Gasteiger partial charge in [-0.05, 0) is 38.0 Å². The number of ether oxygens (including phenoxy) is 1. The second-order valence-corrected chi connectivity index (χ2v) is 4.97. The van der Waals surface area contributed by atoms with Gasteiger partial charge in [-0.3, -0.25) is 4.79 Å². The molecule has 1 N–H and O–H groups in total. The second kappa shape index (κ2) is 8.19. The van der Waals surface area contributed by atoms with Crippen molar-refractivity contribution >= 4 is 11.9 Å². The van der Waals surface area contributed by atoms with Crippen LogP contribution in [0.4, 0.5) is 4.39 Å². The predicted molar refractivity (Wildman–Crippen MR) is 78.1 cm³/mol. The van der Waals surface area contributed by atoms with Gasteiger partial charge >= 0.3 is 5.97 Å². The van der Waals surface area contributed by atoms with Crippen molar-refractivity contribution in [2.45, 2.75) is 32.7 Å². The molecule has 1 aromatic rings. The number of carbonyl (C=O) groups excluding carboxylic acids is 2. The lowest BCUT2D eigenvalue weighted by atomic mass is 10.1. The molecule has 0 fully saturated rings. The molecule has 0 aliphatic carbocycles. The Morgan fingerprint density at radius 1 is 1.38 bits per heavy atom. The molecule has 114 valence electrons. The van der Waals surface area contributed by atoms with Crippen LogP contribution in [0, 0.1) is 5.82 Å². The van der Waals surface area contributed by atoms with E-state index < -0.39 is 17.8 Å². The van der Waals surface area contributed by atoms with Gasteiger partial charge < -0.3 is 10.1 Å². The highest BCUT2D eigenvalue weighted by molar-refractivity contribution is 5.85. The molecule has 4 nitrogen and oxygen atoms in total. The molecule has 0 radical (unpaired) electrons. The van der Waals surface area contributed by atoms with E-state index in [1.54, 1.807) is 12.1 Å². The first-order valence-electron chi connectivity index (χ1n) is 6.67. The maximum absolute atomic E-state index is 13.1. The third-order valence-electron chi connectivity index (χ3n) is 2.84. The normalized spacial score (nSPS) is 11.4. The lowest BCUT2D eigenvalue weighted by molar-refractivity contribution is -0.144. The van der Waals surface area contributed by atoms with Crippen molar-refractivity contribution in [3.05, 3.63) is 47.3 Å². The molecular formula is C16H20FNO3. The van der Waals surface area contributed by atoms with Crippen molar-refractivity contribution < 1.29 is 18.7 Å². The van der Waals surface area contributed by atoms with Gasteiger partial charge in [0.2, 0.25) is 5.91 Å². The fourth-order valence-electron chi connectivity index (χ4n) is 1.79. The molecule has 0 saturated carbocycles. The lowest BCUT2D eigenvalue weighted by Gasteiger charge is -2.15. The predicted octanol–water partition coefficient (Wildman–Crippen LogP) is 2.38. The molecule has 5 heteroatoms. The van der Waals surface area contributed by atoms with E-state index in [0.717, 1.165) is 5.57 Å². The Bertz CT molecular complexity index is 536. The Hall–Kier alpha value is -2.17. The molecule has 1 rings (SSSR count). The van der Waals surface area contributed by atoms with Gasteiger partial charge in [0.05, 0.1) is 13.5 Å². The van der Waals surface area contributed by atoms with Crippen molar-refractivity contribution in [3.8, 4) is 0 Å². The molecule has 0 spiro atoms. The first-order valence-corrected chi connectivity index (χ1v) is 6.67. The molecule has 0 aromatic heterocycles. The Balaban J connectivity index is 2.67. The quantitative estimate of drug-likeness (QED) is 0.647. The van der Waals surface area contributed by atoms with Crippen LogP contribution in [0.5, 0.6) is 0 Å². The summed E-state index contributed by atoms with van der Waals surface area (Å²) in [5.41, 5.74) is 1.60. The highest BCUT2D eigenvalue weighted by atomic mass is 19.1. The molecule has 0 aliphatic heterocycles. The van der Waals surface area contributed by atoms with Crippen LogP contribution in [0.15, 0.2) is 35.9 Å². The molecule has 0 heterocycles. The fraction of sp³-hybridized carbons (Fsp3) is 0.375. The molecule has 1 atom stereocenters. The van der Waals surface area contributed by atoms with Crippen molar-refractivity contribution in [1.82, 2.24) is 5.32 Å². The van der Waals surface area contributed by atoms with Gasteiger partial charge in [0.15, 0.2) is 0 Å². The van der Waals surface area contributed by atoms with Crippen LogP contribution >= 0.6 is 0 Å². The summed E-state index contributed by atoms with van der Waals surface area (Å²) in [5.74, 6) is -1.24. The number of methoxy groups -OCH3 is 1. The van der Waals surface area contributed by atoms with E-state index in [1.807, 2.05) is 19.9 Å². The number of benzene rings is 1. The lowest BCUT2D eigenvalue weighted by Crippen LogP contribution is -2.41. The number of esters is 1. The zero-order valence-corrected chi connectivity index (χ0v) is 12.5. The van der Waals surface area contributed by atoms with Crippen molar-refractivity contribution in [2.24, 2.45) is 0 Å². The third-order valence-corrected chi connectivity index (χ3v) is 2.84. The van der Waals surface area contributed by atoms with Gasteiger partial charge in [0.1, 0.15) is 11.9 Å². The average molecular weight is 293 g/mol. The van der Waals surface area contributed by atoms with Gasteiger partial charge in [-0.2, -0.15) is 0 Å². The van der Waals surface area contributed by atoms with E-state index in [4.69, 9.17) is 0 Å². The summed E-state index contributed by atoms with van der Waals surface area (Å²) in [5, 5.41) is 2.61. The summed E-state index contributed by atoms with van der Waals surface area (Å²) in [4.78, 5) is 23.6. The van der Waals surface area contributed by atoms with E-state index in [2.05, 4.69) is 10.1 Å². The van der Waals surface area contributed by atoms with Crippen LogP contribution in [0.2, 0.25) is 0 Å². The van der Waals surface area contributed by atoms with Crippen LogP contribution < -0.4 is 5.32 Å². The van der Waals surface area contributed by atoms with Gasteiger partial charge in [-0.25, -0.2) is 9.18 Å². The van der Waals surface area contributed by atoms with Gasteiger partial charge in [-0.15, -0.1) is 0 Å². The van der Waals surface area contributed by atoms with Crippen LogP contribution in [-0.4, -0.2) is 25.0 Å². The Labute approximate surface area is 124 Å².